The second-order valence-corrected chi connectivity index (χ2v) is 16.8. The number of anilines is 2. The van der Waals surface area contributed by atoms with Crippen molar-refractivity contribution in [2.45, 2.75) is 65.8 Å². The summed E-state index contributed by atoms with van der Waals surface area (Å²) in [6.45, 7) is 8.40. The monoisotopic (exact) mass is 1030 g/mol. The predicted octanol–water partition coefficient (Wildman–Crippen LogP) is 11.4. The molecule has 0 bridgehead atoms. The van der Waals surface area contributed by atoms with Gasteiger partial charge in [-0.2, -0.15) is 0 Å². The fourth-order valence-corrected chi connectivity index (χ4v) is 8.29. The third kappa shape index (κ3) is 15.6. The Morgan fingerprint density at radius 1 is 0.630 bits per heavy atom. The maximum atomic E-state index is 12.0. The number of carbonyl (C=O) groups is 3. The lowest BCUT2D eigenvalue weighted by Crippen LogP contribution is -2.29. The number of carboxylic acid groups (broad SMARTS) is 2. The highest BCUT2D eigenvalue weighted by molar-refractivity contribution is 9.11. The molecule has 0 aliphatic heterocycles. The summed E-state index contributed by atoms with van der Waals surface area (Å²) in [4.78, 5) is 33.3. The zero-order valence-corrected chi connectivity index (χ0v) is 37.5. The van der Waals surface area contributed by atoms with E-state index < -0.39 is 24.4 Å². The fraction of sp³-hybridized carbons (Fsp3) is 0.289. The Bertz CT molecular complexity index is 1920. The summed E-state index contributed by atoms with van der Waals surface area (Å²) in [5, 5.41) is 27.7. The number of ether oxygens (including phenoxy) is 2. The number of rotatable bonds is 16. The average Bonchev–Trinajstić information content (AvgIpc) is 3.04. The molecule has 54 heavy (non-hydrogen) atoms. The molecule has 1 amide bonds. The van der Waals surface area contributed by atoms with Gasteiger partial charge < -0.3 is 35.6 Å². The van der Waals surface area contributed by atoms with Gasteiger partial charge in [-0.15, -0.1) is 0 Å². The van der Waals surface area contributed by atoms with Crippen LogP contribution in [0.25, 0.3) is 0 Å². The molecule has 0 saturated heterocycles. The van der Waals surface area contributed by atoms with Crippen LogP contribution in [-0.4, -0.2) is 46.7 Å². The molecule has 16 heteroatoms. The normalized spacial score (nSPS) is 10.7. The molecule has 5 N–H and O–H groups in total. The zero-order valence-electron chi connectivity index (χ0n) is 29.7. The van der Waals surface area contributed by atoms with Crippen molar-refractivity contribution in [3.8, 4) is 11.5 Å². The van der Waals surface area contributed by atoms with E-state index in [9.17, 15) is 14.4 Å². The Labute approximate surface area is 358 Å². The van der Waals surface area contributed by atoms with Gasteiger partial charge in [0.1, 0.15) is 31.3 Å². The molecule has 0 aromatic heterocycles. The Balaban J connectivity index is 0.000000291. The van der Waals surface area contributed by atoms with Crippen molar-refractivity contribution < 1.29 is 34.1 Å². The summed E-state index contributed by atoms with van der Waals surface area (Å²) in [6.07, 6.45) is 0.554. The summed E-state index contributed by atoms with van der Waals surface area (Å²) in [5.74, 6) is -1.23. The first-order chi connectivity index (χ1) is 25.4. The van der Waals surface area contributed by atoms with Crippen LogP contribution in [0, 0.1) is 0 Å². The molecule has 0 aliphatic rings. The van der Waals surface area contributed by atoms with Gasteiger partial charge in [0.2, 0.25) is 0 Å². The van der Waals surface area contributed by atoms with Gasteiger partial charge in [-0.1, -0.05) is 23.2 Å². The van der Waals surface area contributed by atoms with Gasteiger partial charge in [0.15, 0.2) is 0 Å². The first kappa shape index (κ1) is 45.4. The first-order valence-electron chi connectivity index (χ1n) is 16.5. The molecule has 0 fully saturated rings. The summed E-state index contributed by atoms with van der Waals surface area (Å²) in [7, 11) is 0. The molecular formula is C38H39Br4Cl2N3O7. The van der Waals surface area contributed by atoms with E-state index in [1.165, 1.54) is 0 Å². The molecule has 4 aromatic rings. The molecule has 290 valence electrons. The van der Waals surface area contributed by atoms with Crippen molar-refractivity contribution in [1.82, 2.24) is 5.32 Å². The van der Waals surface area contributed by atoms with Crippen LogP contribution in [0.15, 0.2) is 78.6 Å². The quantitative estimate of drug-likeness (QED) is 0.0740. The molecule has 4 aromatic carbocycles. The van der Waals surface area contributed by atoms with Crippen LogP contribution in [0.3, 0.4) is 0 Å². The van der Waals surface area contributed by atoms with Gasteiger partial charge in [0.25, 0.3) is 5.91 Å². The Hall–Kier alpha value is -3.01. The highest BCUT2D eigenvalue weighted by Gasteiger charge is 2.15. The van der Waals surface area contributed by atoms with E-state index in [4.69, 9.17) is 42.9 Å². The number of hydrogen-bond acceptors (Lipinski definition) is 7. The van der Waals surface area contributed by atoms with Crippen LogP contribution in [0.4, 0.5) is 11.4 Å². The van der Waals surface area contributed by atoms with E-state index in [1.54, 1.807) is 12.1 Å². The first-order valence-corrected chi connectivity index (χ1v) is 20.4. The third-order valence-electron chi connectivity index (χ3n) is 6.94. The van der Waals surface area contributed by atoms with Gasteiger partial charge in [-0.05, 0) is 175 Å². The SMILES string of the molecule is CC(C)Nc1cc(Cl)cc(COc2c(Br)cc(C(=O)NCC(=O)O)cc2Br)c1.CC(C)Nc1cc(Cl)cc(COc2c(Br)cc(CCC(=O)O)cc2Br)c1. The highest BCUT2D eigenvalue weighted by atomic mass is 79.9. The number of amides is 1. The summed E-state index contributed by atoms with van der Waals surface area (Å²) >= 11 is 26.2. The van der Waals surface area contributed by atoms with Crippen molar-refractivity contribution >= 4 is 116 Å². The second kappa shape index (κ2) is 21.9. The van der Waals surface area contributed by atoms with Crippen molar-refractivity contribution in [3.05, 3.63) is 111 Å². The van der Waals surface area contributed by atoms with Crippen LogP contribution in [0.1, 0.15) is 61.2 Å². The lowest BCUT2D eigenvalue weighted by molar-refractivity contribution is -0.137. The lowest BCUT2D eigenvalue weighted by atomic mass is 10.1. The minimum atomic E-state index is -1.11. The highest BCUT2D eigenvalue weighted by Crippen LogP contribution is 2.37. The van der Waals surface area contributed by atoms with Crippen molar-refractivity contribution in [1.29, 1.82) is 0 Å². The van der Waals surface area contributed by atoms with Crippen LogP contribution in [0.2, 0.25) is 10.0 Å². The molecule has 0 aliphatic carbocycles. The Morgan fingerprint density at radius 2 is 1.06 bits per heavy atom. The van der Waals surface area contributed by atoms with Crippen molar-refractivity contribution in [2.24, 2.45) is 0 Å². The van der Waals surface area contributed by atoms with Gasteiger partial charge in [0, 0.05) is 45.5 Å². The molecule has 0 radical (unpaired) electrons. The smallest absolute Gasteiger partial charge is 0.322 e. The Kier molecular flexibility index (Phi) is 18.4. The number of hydrogen-bond donors (Lipinski definition) is 5. The summed E-state index contributed by atoms with van der Waals surface area (Å²) in [5.41, 5.74) is 4.92. The standard InChI is InChI=1S/C19H19Br2ClN2O4.C19H20Br2ClNO3/c1-10(2)24-14-4-11(3-13(22)7-14)9-28-18-15(20)5-12(6-16(18)21)19(27)23-8-17(25)26;1-11(2)23-15-6-13(5-14(22)9-15)10-26-19-16(20)7-12(8-17(19)21)3-4-18(24)25/h3-7,10,24H,8-9H2,1-2H3,(H,23,27)(H,25,26);5-9,11,23H,3-4,10H2,1-2H3,(H,24,25). The predicted molar refractivity (Wildman–Crippen MR) is 229 cm³/mol. The topological polar surface area (TPSA) is 146 Å². The maximum Gasteiger partial charge on any atom is 0.322 e. The molecular weight excluding hydrogens is 1000 g/mol. The maximum absolute atomic E-state index is 12.0. The largest absolute Gasteiger partial charge is 0.487 e. The van der Waals surface area contributed by atoms with Crippen LogP contribution in [0.5, 0.6) is 11.5 Å². The van der Waals surface area contributed by atoms with Gasteiger partial charge >= 0.3 is 11.9 Å². The van der Waals surface area contributed by atoms with E-state index in [0.29, 0.717) is 55.1 Å². The van der Waals surface area contributed by atoms with Crippen molar-refractivity contribution in [3.63, 3.8) is 0 Å². The van der Waals surface area contributed by atoms with Gasteiger partial charge in [0.05, 0.1) is 17.9 Å². The molecule has 4 rings (SSSR count). The molecule has 0 spiro atoms. The molecule has 0 saturated carbocycles. The molecule has 0 atom stereocenters. The van der Waals surface area contributed by atoms with E-state index in [2.05, 4.69) is 93.5 Å². The number of carbonyl (C=O) groups excluding carboxylic acids is 1. The van der Waals surface area contributed by atoms with Gasteiger partial charge in [-0.25, -0.2) is 0 Å². The van der Waals surface area contributed by atoms with Crippen LogP contribution < -0.4 is 25.4 Å². The van der Waals surface area contributed by atoms with Crippen molar-refractivity contribution in [2.75, 3.05) is 17.2 Å². The number of nitrogens with one attached hydrogen (secondary N) is 3. The minimum Gasteiger partial charge on any atom is -0.487 e. The lowest BCUT2D eigenvalue weighted by Gasteiger charge is -2.15. The zero-order chi connectivity index (χ0) is 40.1. The van der Waals surface area contributed by atoms with E-state index >= 15 is 0 Å². The van der Waals surface area contributed by atoms with E-state index in [0.717, 1.165) is 37.0 Å². The molecule has 10 nitrogen and oxygen atoms in total. The minimum absolute atomic E-state index is 0.0905. The number of benzene rings is 4. The molecule has 0 heterocycles. The fourth-order valence-electron chi connectivity index (χ4n) is 4.84. The Morgan fingerprint density at radius 3 is 1.44 bits per heavy atom. The number of halogens is 6. The van der Waals surface area contributed by atoms with Gasteiger partial charge in [-0.3, -0.25) is 14.4 Å². The summed E-state index contributed by atoms with van der Waals surface area (Å²) in [6, 6.07) is 18.9. The van der Waals surface area contributed by atoms with E-state index in [-0.39, 0.29) is 19.1 Å². The number of carboxylic acids is 2. The average molecular weight is 1040 g/mol. The number of aliphatic carboxylic acids is 2. The van der Waals surface area contributed by atoms with E-state index in [1.807, 2.05) is 62.4 Å². The summed E-state index contributed by atoms with van der Waals surface area (Å²) < 4.78 is 14.5. The molecule has 0 unspecified atom stereocenters. The third-order valence-corrected chi connectivity index (χ3v) is 9.73. The second-order valence-electron chi connectivity index (χ2n) is 12.5. The number of aryl methyl sites for hydroxylation is 1. The van der Waals surface area contributed by atoms with Crippen LogP contribution in [-0.2, 0) is 29.2 Å². The van der Waals surface area contributed by atoms with Crippen LogP contribution >= 0.6 is 86.9 Å².